The molecule has 38 heavy (non-hydrogen) atoms. The maximum Gasteiger partial charge on any atom is 0.640 e. The highest BCUT2D eigenvalue weighted by Crippen LogP contribution is 2.50. The van der Waals surface area contributed by atoms with Gasteiger partial charge in [-0.2, -0.15) is 0 Å². The first kappa shape index (κ1) is 27.6. The van der Waals surface area contributed by atoms with Crippen LogP contribution in [0.15, 0.2) is 97.1 Å². The molecule has 4 aromatic carbocycles. The Hall–Kier alpha value is -3.46. The monoisotopic (exact) mass is 522 g/mol. The molecular weight excluding hydrogens is 495 g/mol. The van der Waals surface area contributed by atoms with Crippen molar-refractivity contribution in [2.75, 3.05) is 13.2 Å². The van der Waals surface area contributed by atoms with Gasteiger partial charge in [-0.3, -0.25) is 0 Å². The fraction of sp³-hybridized carbons (Fsp3) is 0.200. The van der Waals surface area contributed by atoms with Crippen LogP contribution in [0, 0.1) is 23.3 Å². The molecule has 196 valence electrons. The third-order valence-electron chi connectivity index (χ3n) is 6.17. The lowest BCUT2D eigenvalue weighted by molar-refractivity contribution is 0.00426. The predicted molar refractivity (Wildman–Crippen MR) is 138 cm³/mol. The van der Waals surface area contributed by atoms with Crippen molar-refractivity contribution < 1.29 is 31.5 Å². The van der Waals surface area contributed by atoms with Crippen LogP contribution >= 0.6 is 0 Å². The molecule has 0 aliphatic carbocycles. The van der Waals surface area contributed by atoms with E-state index in [9.17, 15) is 17.6 Å². The molecule has 4 aromatic rings. The third-order valence-corrected chi connectivity index (χ3v) is 6.17. The summed E-state index contributed by atoms with van der Waals surface area (Å²) < 4.78 is 77.0. The second-order valence-corrected chi connectivity index (χ2v) is 8.62. The molecule has 0 amide bonds. The first-order valence-electron chi connectivity index (χ1n) is 12.3. The third kappa shape index (κ3) is 5.99. The molecule has 0 radical (unpaired) electrons. The zero-order valence-electron chi connectivity index (χ0n) is 21.0. The van der Waals surface area contributed by atoms with E-state index in [4.69, 9.17) is 14.0 Å². The zero-order valence-corrected chi connectivity index (χ0v) is 21.0. The molecule has 0 N–H and O–H groups in total. The first-order valence-corrected chi connectivity index (χ1v) is 12.3. The van der Waals surface area contributed by atoms with Crippen LogP contribution < -0.4 is 0 Å². The minimum Gasteiger partial charge on any atom is -0.386 e. The topological polar surface area (TPSA) is 27.7 Å². The number of hydrogen-bond donors (Lipinski definition) is 0. The largest absolute Gasteiger partial charge is 0.640 e. The highest BCUT2D eigenvalue weighted by molar-refractivity contribution is 6.36. The molecule has 0 spiro atoms. The van der Waals surface area contributed by atoms with Gasteiger partial charge in [-0.15, -0.1) is 0 Å². The summed E-state index contributed by atoms with van der Waals surface area (Å²) in [5, 5.41) is 0. The molecule has 0 atom stereocenters. The molecule has 0 aliphatic rings. The average Bonchev–Trinajstić information content (AvgIpc) is 2.88. The first-order chi connectivity index (χ1) is 18.4. The summed E-state index contributed by atoms with van der Waals surface area (Å²) in [7, 11) is -1.28. The van der Waals surface area contributed by atoms with Crippen LogP contribution in [-0.4, -0.2) is 20.5 Å². The standard InChI is InChI=1S/C30H27BF4O3/c1-3-36-31(37-4-2)38-30(23-11-7-15-27(34)19-23,24-12-8-16-28(35)20-24)29(21-9-5-13-25(32)17-21)22-10-6-14-26(33)18-22/h5-20,29H,3-4H2,1-2H3. The van der Waals surface area contributed by atoms with E-state index in [1.807, 2.05) is 0 Å². The van der Waals surface area contributed by atoms with Crippen molar-refractivity contribution in [3.05, 3.63) is 143 Å². The van der Waals surface area contributed by atoms with Crippen LogP contribution in [0.1, 0.15) is 42.0 Å². The van der Waals surface area contributed by atoms with Crippen molar-refractivity contribution in [2.45, 2.75) is 25.4 Å². The summed E-state index contributed by atoms with van der Waals surface area (Å²) in [5.41, 5.74) is -0.454. The van der Waals surface area contributed by atoms with Gasteiger partial charge < -0.3 is 14.0 Å². The lowest BCUT2D eigenvalue weighted by atomic mass is 9.69. The van der Waals surface area contributed by atoms with E-state index in [2.05, 4.69) is 0 Å². The number of benzene rings is 4. The molecule has 0 unspecified atom stereocenters. The van der Waals surface area contributed by atoms with Gasteiger partial charge in [0.25, 0.3) is 0 Å². The smallest absolute Gasteiger partial charge is 0.386 e. The summed E-state index contributed by atoms with van der Waals surface area (Å²) in [6, 6.07) is 22.8. The van der Waals surface area contributed by atoms with E-state index in [0.717, 1.165) is 0 Å². The van der Waals surface area contributed by atoms with Crippen molar-refractivity contribution in [3.63, 3.8) is 0 Å². The predicted octanol–water partition coefficient (Wildman–Crippen LogP) is 7.39. The SMILES string of the molecule is CCOB(OCC)OC(c1cccc(F)c1)(c1cccc(F)c1)C(c1cccc(F)c1)c1cccc(F)c1. The lowest BCUT2D eigenvalue weighted by Gasteiger charge is -2.43. The Labute approximate surface area is 220 Å². The summed E-state index contributed by atoms with van der Waals surface area (Å²) in [5.74, 6) is -3.23. The van der Waals surface area contributed by atoms with E-state index >= 15 is 0 Å². The Morgan fingerprint density at radius 3 is 1.37 bits per heavy atom. The molecule has 0 bridgehead atoms. The zero-order chi connectivity index (χ0) is 27.1. The van der Waals surface area contributed by atoms with E-state index < -0.39 is 42.1 Å². The molecule has 0 heterocycles. The minimum atomic E-state index is -1.76. The molecule has 4 rings (SSSR count). The Balaban J connectivity index is 2.14. The van der Waals surface area contributed by atoms with Crippen molar-refractivity contribution in [3.8, 4) is 0 Å². The van der Waals surface area contributed by atoms with E-state index in [1.54, 1.807) is 38.1 Å². The van der Waals surface area contributed by atoms with Gasteiger partial charge >= 0.3 is 7.32 Å². The van der Waals surface area contributed by atoms with Gasteiger partial charge in [-0.05, 0) is 84.6 Å². The molecule has 3 nitrogen and oxygen atoms in total. The van der Waals surface area contributed by atoms with Gasteiger partial charge in [-0.25, -0.2) is 17.6 Å². The van der Waals surface area contributed by atoms with Crippen LogP contribution in [0.2, 0.25) is 0 Å². The lowest BCUT2D eigenvalue weighted by Crippen LogP contribution is -2.45. The normalized spacial score (nSPS) is 11.7. The van der Waals surface area contributed by atoms with Gasteiger partial charge in [0, 0.05) is 19.1 Å². The van der Waals surface area contributed by atoms with E-state index in [-0.39, 0.29) is 24.3 Å². The van der Waals surface area contributed by atoms with Gasteiger partial charge in [0.1, 0.15) is 28.9 Å². The molecule has 0 saturated carbocycles. The van der Waals surface area contributed by atoms with Crippen molar-refractivity contribution in [1.82, 2.24) is 0 Å². The summed E-state index contributed by atoms with van der Waals surface area (Å²) >= 11 is 0. The minimum absolute atomic E-state index is 0.206. The quantitative estimate of drug-likeness (QED) is 0.152. The maximum atomic E-state index is 14.8. The van der Waals surface area contributed by atoms with Crippen molar-refractivity contribution in [2.24, 2.45) is 0 Å². The highest BCUT2D eigenvalue weighted by Gasteiger charge is 2.49. The van der Waals surface area contributed by atoms with Crippen LogP contribution in [0.3, 0.4) is 0 Å². The Morgan fingerprint density at radius 1 is 0.605 bits per heavy atom. The molecule has 8 heteroatoms. The fourth-order valence-electron chi connectivity index (χ4n) is 4.72. The van der Waals surface area contributed by atoms with E-state index in [1.165, 1.54) is 72.8 Å². The molecular formula is C30H27BF4O3. The number of halogens is 4. The number of rotatable bonds is 11. The maximum absolute atomic E-state index is 14.8. The van der Waals surface area contributed by atoms with Crippen LogP contribution in [-0.2, 0) is 19.6 Å². The van der Waals surface area contributed by atoms with Crippen LogP contribution in [0.4, 0.5) is 17.6 Å². The summed E-state index contributed by atoms with van der Waals surface area (Å²) in [6.45, 7) is 3.91. The van der Waals surface area contributed by atoms with Gasteiger partial charge in [0.15, 0.2) is 0 Å². The van der Waals surface area contributed by atoms with Gasteiger partial charge in [-0.1, -0.05) is 48.5 Å². The second kappa shape index (κ2) is 12.4. The molecule has 0 saturated heterocycles. The molecule has 0 aliphatic heterocycles. The molecule has 0 fully saturated rings. The second-order valence-electron chi connectivity index (χ2n) is 8.62. The number of hydrogen-bond acceptors (Lipinski definition) is 3. The Kier molecular flexibility index (Phi) is 8.99. The van der Waals surface area contributed by atoms with E-state index in [0.29, 0.717) is 11.1 Å². The summed E-state index contributed by atoms with van der Waals surface area (Å²) in [6.07, 6.45) is 0. The van der Waals surface area contributed by atoms with Crippen LogP contribution in [0.25, 0.3) is 0 Å². The van der Waals surface area contributed by atoms with Crippen molar-refractivity contribution >= 4 is 7.32 Å². The highest BCUT2D eigenvalue weighted by atomic mass is 19.1. The summed E-state index contributed by atoms with van der Waals surface area (Å²) in [4.78, 5) is 0. The van der Waals surface area contributed by atoms with Crippen molar-refractivity contribution in [1.29, 1.82) is 0 Å². The Morgan fingerprint density at radius 2 is 1.00 bits per heavy atom. The average molecular weight is 522 g/mol. The van der Waals surface area contributed by atoms with Gasteiger partial charge in [0.05, 0.1) is 0 Å². The molecule has 0 aromatic heterocycles. The van der Waals surface area contributed by atoms with Gasteiger partial charge in [0.2, 0.25) is 0 Å². The fourth-order valence-corrected chi connectivity index (χ4v) is 4.72. The Bertz CT molecular complexity index is 1270. The van der Waals surface area contributed by atoms with Crippen LogP contribution in [0.5, 0.6) is 0 Å².